The lowest BCUT2D eigenvalue weighted by Gasteiger charge is -2.10. The number of para-hydroxylation sites is 2. The largest absolute Gasteiger partial charge is 0.462 e. The van der Waals surface area contributed by atoms with Crippen LogP contribution in [0.2, 0.25) is 0 Å². The first kappa shape index (κ1) is 18.1. The van der Waals surface area contributed by atoms with Gasteiger partial charge in [0.15, 0.2) is 0 Å². The lowest BCUT2D eigenvalue weighted by atomic mass is 10.1. The fraction of sp³-hybridized carbons (Fsp3) is 0.100. The minimum absolute atomic E-state index is 0.132. The summed E-state index contributed by atoms with van der Waals surface area (Å²) in [6.45, 7) is 1.97. The van der Waals surface area contributed by atoms with Crippen molar-refractivity contribution in [2.24, 2.45) is 0 Å². The van der Waals surface area contributed by atoms with Crippen LogP contribution < -0.4 is 10.6 Å². The topological polar surface area (TPSA) is 93.2 Å². The second kappa shape index (κ2) is 8.57. The van der Waals surface area contributed by atoms with Crippen molar-refractivity contribution < 1.29 is 14.3 Å². The van der Waals surface area contributed by atoms with E-state index in [0.717, 1.165) is 5.69 Å². The third kappa shape index (κ3) is 4.66. The summed E-state index contributed by atoms with van der Waals surface area (Å²) in [4.78, 5) is 32.7. The number of aromatic nitrogens is 2. The molecule has 0 saturated carbocycles. The van der Waals surface area contributed by atoms with E-state index in [-0.39, 0.29) is 17.9 Å². The van der Waals surface area contributed by atoms with Crippen LogP contribution in [-0.2, 0) is 4.74 Å². The van der Waals surface area contributed by atoms with Crippen LogP contribution in [0.25, 0.3) is 0 Å². The first-order valence-electron chi connectivity index (χ1n) is 8.39. The summed E-state index contributed by atoms with van der Waals surface area (Å²) in [7, 11) is 0. The standard InChI is InChI=1S/C20H18N4O3/c1-2-27-20(26)15-10-6-7-11-16(15)24-19(25)17-12-22-18(13-21-17)23-14-8-4-3-5-9-14/h3-13H,2H2,1H3,(H,22,23)(H,24,25). The van der Waals surface area contributed by atoms with Gasteiger partial charge in [-0.15, -0.1) is 0 Å². The normalized spacial score (nSPS) is 10.1. The fourth-order valence-electron chi connectivity index (χ4n) is 2.34. The summed E-state index contributed by atoms with van der Waals surface area (Å²) in [6, 6.07) is 16.1. The van der Waals surface area contributed by atoms with Gasteiger partial charge in [-0.05, 0) is 31.2 Å². The monoisotopic (exact) mass is 362 g/mol. The van der Waals surface area contributed by atoms with Crippen LogP contribution in [0, 0.1) is 0 Å². The van der Waals surface area contributed by atoms with Gasteiger partial charge in [-0.3, -0.25) is 4.79 Å². The number of hydrogen-bond donors (Lipinski definition) is 2. The SMILES string of the molecule is CCOC(=O)c1ccccc1NC(=O)c1cnc(Nc2ccccc2)cn1. The number of ether oxygens (including phenoxy) is 1. The molecule has 136 valence electrons. The Balaban J connectivity index is 1.71. The Hall–Kier alpha value is -3.74. The third-order valence-electron chi connectivity index (χ3n) is 3.60. The zero-order chi connectivity index (χ0) is 19.1. The van der Waals surface area contributed by atoms with Crippen LogP contribution in [0.15, 0.2) is 67.0 Å². The average Bonchev–Trinajstić information content (AvgIpc) is 2.70. The van der Waals surface area contributed by atoms with E-state index >= 15 is 0 Å². The number of nitrogens with one attached hydrogen (secondary N) is 2. The second-order valence-corrected chi connectivity index (χ2v) is 5.50. The molecule has 0 radical (unpaired) electrons. The van der Waals surface area contributed by atoms with E-state index in [2.05, 4.69) is 20.6 Å². The van der Waals surface area contributed by atoms with Gasteiger partial charge < -0.3 is 15.4 Å². The summed E-state index contributed by atoms with van der Waals surface area (Å²) >= 11 is 0. The van der Waals surface area contributed by atoms with Gasteiger partial charge in [0.25, 0.3) is 5.91 Å². The molecule has 0 aliphatic rings. The van der Waals surface area contributed by atoms with Crippen LogP contribution in [0.3, 0.4) is 0 Å². The maximum atomic E-state index is 12.4. The highest BCUT2D eigenvalue weighted by atomic mass is 16.5. The molecular formula is C20H18N4O3. The van der Waals surface area contributed by atoms with Crippen molar-refractivity contribution in [3.8, 4) is 0 Å². The highest BCUT2D eigenvalue weighted by Gasteiger charge is 2.15. The van der Waals surface area contributed by atoms with Crippen LogP contribution in [0.4, 0.5) is 17.2 Å². The first-order chi connectivity index (χ1) is 13.2. The number of rotatable bonds is 6. The Labute approximate surface area is 156 Å². The number of esters is 1. The second-order valence-electron chi connectivity index (χ2n) is 5.50. The maximum Gasteiger partial charge on any atom is 0.340 e. The van der Waals surface area contributed by atoms with Gasteiger partial charge in [-0.2, -0.15) is 0 Å². The Kier molecular flexibility index (Phi) is 5.73. The predicted molar refractivity (Wildman–Crippen MR) is 102 cm³/mol. The van der Waals surface area contributed by atoms with Crippen molar-refractivity contribution in [1.82, 2.24) is 9.97 Å². The van der Waals surface area contributed by atoms with Crippen LogP contribution in [-0.4, -0.2) is 28.5 Å². The van der Waals surface area contributed by atoms with E-state index < -0.39 is 11.9 Å². The molecule has 1 amide bonds. The Bertz CT molecular complexity index is 927. The number of anilines is 3. The van der Waals surface area contributed by atoms with Gasteiger partial charge in [0.05, 0.1) is 30.3 Å². The molecule has 0 bridgehead atoms. The quantitative estimate of drug-likeness (QED) is 0.650. The summed E-state index contributed by atoms with van der Waals surface area (Å²) in [5, 5.41) is 5.76. The summed E-state index contributed by atoms with van der Waals surface area (Å²) in [5.74, 6) is -0.447. The molecule has 3 rings (SSSR count). The number of hydrogen-bond acceptors (Lipinski definition) is 6. The summed E-state index contributed by atoms with van der Waals surface area (Å²) in [6.07, 6.45) is 2.84. The third-order valence-corrected chi connectivity index (χ3v) is 3.60. The highest BCUT2D eigenvalue weighted by molar-refractivity contribution is 6.07. The number of benzene rings is 2. The van der Waals surface area contributed by atoms with E-state index in [1.165, 1.54) is 12.4 Å². The Morgan fingerprint density at radius 3 is 2.41 bits per heavy atom. The van der Waals surface area contributed by atoms with Crippen LogP contribution >= 0.6 is 0 Å². The molecule has 0 spiro atoms. The maximum absolute atomic E-state index is 12.4. The molecule has 0 aliphatic heterocycles. The molecule has 0 aliphatic carbocycles. The van der Waals surface area contributed by atoms with Crippen LogP contribution in [0.5, 0.6) is 0 Å². The van der Waals surface area contributed by atoms with Crippen LogP contribution in [0.1, 0.15) is 27.8 Å². The molecule has 2 aromatic carbocycles. The van der Waals surface area contributed by atoms with E-state index in [9.17, 15) is 9.59 Å². The van der Waals surface area contributed by atoms with E-state index in [1.54, 1.807) is 31.2 Å². The molecule has 2 N–H and O–H groups in total. The highest BCUT2D eigenvalue weighted by Crippen LogP contribution is 2.17. The molecule has 7 heteroatoms. The molecule has 0 saturated heterocycles. The molecule has 1 heterocycles. The zero-order valence-corrected chi connectivity index (χ0v) is 14.7. The van der Waals surface area contributed by atoms with Crippen molar-refractivity contribution in [2.45, 2.75) is 6.92 Å². The molecule has 3 aromatic rings. The number of carbonyl (C=O) groups is 2. The first-order valence-corrected chi connectivity index (χ1v) is 8.39. The van der Waals surface area contributed by atoms with Crippen molar-refractivity contribution in [1.29, 1.82) is 0 Å². The van der Waals surface area contributed by atoms with E-state index in [0.29, 0.717) is 11.5 Å². The summed E-state index contributed by atoms with van der Waals surface area (Å²) in [5.41, 5.74) is 1.64. The van der Waals surface area contributed by atoms with Gasteiger partial charge in [-0.1, -0.05) is 30.3 Å². The van der Waals surface area contributed by atoms with Gasteiger partial charge in [0, 0.05) is 5.69 Å². The molecule has 0 fully saturated rings. The smallest absolute Gasteiger partial charge is 0.340 e. The molecular weight excluding hydrogens is 344 g/mol. The predicted octanol–water partition coefficient (Wildman–Crippen LogP) is 3.65. The van der Waals surface area contributed by atoms with Gasteiger partial charge in [0.1, 0.15) is 11.5 Å². The van der Waals surface area contributed by atoms with Gasteiger partial charge >= 0.3 is 5.97 Å². The molecule has 0 atom stereocenters. The number of carbonyl (C=O) groups excluding carboxylic acids is 2. The number of nitrogens with zero attached hydrogens (tertiary/aromatic N) is 2. The molecule has 0 unspecified atom stereocenters. The van der Waals surface area contributed by atoms with Crippen molar-refractivity contribution in [3.63, 3.8) is 0 Å². The van der Waals surface area contributed by atoms with Gasteiger partial charge in [0.2, 0.25) is 0 Å². The molecule has 7 nitrogen and oxygen atoms in total. The number of amides is 1. The fourth-order valence-corrected chi connectivity index (χ4v) is 2.34. The Morgan fingerprint density at radius 1 is 0.963 bits per heavy atom. The minimum Gasteiger partial charge on any atom is -0.462 e. The van der Waals surface area contributed by atoms with E-state index in [1.807, 2.05) is 30.3 Å². The van der Waals surface area contributed by atoms with E-state index in [4.69, 9.17) is 4.74 Å². The zero-order valence-electron chi connectivity index (χ0n) is 14.7. The van der Waals surface area contributed by atoms with Crippen molar-refractivity contribution in [2.75, 3.05) is 17.2 Å². The Morgan fingerprint density at radius 2 is 1.70 bits per heavy atom. The average molecular weight is 362 g/mol. The molecule has 1 aromatic heterocycles. The summed E-state index contributed by atoms with van der Waals surface area (Å²) < 4.78 is 5.00. The van der Waals surface area contributed by atoms with Gasteiger partial charge in [-0.25, -0.2) is 14.8 Å². The molecule has 27 heavy (non-hydrogen) atoms. The minimum atomic E-state index is -0.498. The lowest BCUT2D eigenvalue weighted by molar-refractivity contribution is 0.0527. The van der Waals surface area contributed by atoms with Crippen molar-refractivity contribution in [3.05, 3.63) is 78.2 Å². The van der Waals surface area contributed by atoms with Crippen molar-refractivity contribution >= 4 is 29.1 Å². The lowest BCUT2D eigenvalue weighted by Crippen LogP contribution is -2.17.